The maximum absolute atomic E-state index is 13.4. The summed E-state index contributed by atoms with van der Waals surface area (Å²) in [6.45, 7) is 1.83. The molecule has 0 unspecified atom stereocenters. The molecule has 0 aliphatic rings. The van der Waals surface area contributed by atoms with Gasteiger partial charge in [0.25, 0.3) is 5.91 Å². The minimum atomic E-state index is -0.537. The highest BCUT2D eigenvalue weighted by Crippen LogP contribution is 2.27. The lowest BCUT2D eigenvalue weighted by molar-refractivity contribution is 0.0954. The Hall–Kier alpha value is -1.27. The lowest BCUT2D eigenvalue weighted by Crippen LogP contribution is -2.22. The van der Waals surface area contributed by atoms with E-state index in [4.69, 9.17) is 0 Å². The molecule has 1 heterocycles. The highest BCUT2D eigenvalue weighted by molar-refractivity contribution is 9.11. The van der Waals surface area contributed by atoms with Crippen LogP contribution in [0.5, 0.6) is 0 Å². The Morgan fingerprint density at radius 1 is 1.37 bits per heavy atom. The van der Waals surface area contributed by atoms with Crippen LogP contribution in [0.2, 0.25) is 0 Å². The van der Waals surface area contributed by atoms with Crippen molar-refractivity contribution >= 4 is 33.2 Å². The summed E-state index contributed by atoms with van der Waals surface area (Å²) in [7, 11) is 0. The third kappa shape index (κ3) is 3.39. The largest absolute Gasteiger partial charge is 0.347 e. The summed E-state index contributed by atoms with van der Waals surface area (Å²) in [5.74, 6) is -1.37. The van der Waals surface area contributed by atoms with Crippen LogP contribution >= 0.6 is 27.3 Å². The van der Waals surface area contributed by atoms with Crippen molar-refractivity contribution in [3.05, 3.63) is 55.7 Å². The topological polar surface area (TPSA) is 29.1 Å². The van der Waals surface area contributed by atoms with Gasteiger partial charge in [0.05, 0.1) is 8.66 Å². The molecule has 2 aromatic rings. The molecule has 1 aromatic heterocycles. The fourth-order valence-corrected chi connectivity index (χ4v) is 2.96. The summed E-state index contributed by atoms with van der Waals surface area (Å²) in [4.78, 5) is 12.4. The van der Waals surface area contributed by atoms with Crippen molar-refractivity contribution in [1.82, 2.24) is 5.32 Å². The molecule has 1 N–H and O–H groups in total. The molecule has 19 heavy (non-hydrogen) atoms. The first-order chi connectivity index (χ1) is 8.97. The second-order valence-corrected chi connectivity index (χ2v) is 6.36. The Morgan fingerprint density at radius 2 is 2.11 bits per heavy atom. The average Bonchev–Trinajstić information content (AvgIpc) is 2.70. The number of carbonyl (C=O) groups excluding carboxylic acids is 1. The molecule has 2 rings (SSSR count). The summed E-state index contributed by atoms with van der Waals surface area (Å²) in [6.07, 6.45) is 0. The van der Waals surface area contributed by atoms with E-state index in [0.29, 0.717) is 4.88 Å². The zero-order chi connectivity index (χ0) is 14.0. The fourth-order valence-electron chi connectivity index (χ4n) is 1.51. The summed E-state index contributed by atoms with van der Waals surface area (Å²) >= 11 is 4.63. The van der Waals surface area contributed by atoms with E-state index in [9.17, 15) is 13.6 Å². The molecule has 0 saturated heterocycles. The zero-order valence-corrected chi connectivity index (χ0v) is 12.4. The molecule has 100 valence electrons. The number of rotatable bonds is 3. The molecular formula is C13H10BrF2NOS. The standard InChI is InChI=1S/C13H10BrF2NOS/c1-7-4-11(19-12(7)14)13(18)17-6-8-5-9(15)2-3-10(8)16/h2-5H,6H2,1H3,(H,17,18). The molecule has 0 aliphatic heterocycles. The summed E-state index contributed by atoms with van der Waals surface area (Å²) in [5.41, 5.74) is 1.09. The van der Waals surface area contributed by atoms with Gasteiger partial charge in [-0.25, -0.2) is 8.78 Å². The predicted molar refractivity (Wildman–Crippen MR) is 74.3 cm³/mol. The van der Waals surface area contributed by atoms with E-state index in [1.54, 1.807) is 6.07 Å². The van der Waals surface area contributed by atoms with E-state index < -0.39 is 11.6 Å². The molecule has 0 radical (unpaired) electrons. The van der Waals surface area contributed by atoms with Crippen molar-refractivity contribution in [2.75, 3.05) is 0 Å². The first kappa shape index (κ1) is 14.1. The number of halogens is 3. The number of aryl methyl sites for hydroxylation is 1. The number of hydrogen-bond donors (Lipinski definition) is 1. The fraction of sp³-hybridized carbons (Fsp3) is 0.154. The van der Waals surface area contributed by atoms with Crippen LogP contribution in [0, 0.1) is 18.6 Å². The van der Waals surface area contributed by atoms with Crippen LogP contribution in [-0.4, -0.2) is 5.91 Å². The third-order valence-corrected chi connectivity index (χ3v) is 4.66. The van der Waals surface area contributed by atoms with Crippen molar-refractivity contribution in [3.8, 4) is 0 Å². The van der Waals surface area contributed by atoms with Crippen LogP contribution in [0.4, 0.5) is 8.78 Å². The van der Waals surface area contributed by atoms with Crippen LogP contribution in [0.15, 0.2) is 28.1 Å². The molecule has 6 heteroatoms. The number of amides is 1. The molecular weight excluding hydrogens is 336 g/mol. The van der Waals surface area contributed by atoms with Crippen molar-refractivity contribution in [2.24, 2.45) is 0 Å². The second kappa shape index (κ2) is 5.79. The number of thiophene rings is 1. The van der Waals surface area contributed by atoms with E-state index in [1.807, 2.05) is 6.92 Å². The second-order valence-electron chi connectivity index (χ2n) is 3.99. The smallest absolute Gasteiger partial charge is 0.261 e. The van der Waals surface area contributed by atoms with Gasteiger partial charge in [0.2, 0.25) is 0 Å². The quantitative estimate of drug-likeness (QED) is 0.893. The third-order valence-electron chi connectivity index (χ3n) is 2.53. The van der Waals surface area contributed by atoms with Gasteiger partial charge in [0, 0.05) is 12.1 Å². The van der Waals surface area contributed by atoms with Crippen LogP contribution in [0.3, 0.4) is 0 Å². The van der Waals surface area contributed by atoms with Gasteiger partial charge in [-0.3, -0.25) is 4.79 Å². The van der Waals surface area contributed by atoms with Gasteiger partial charge in [0.15, 0.2) is 0 Å². The number of benzene rings is 1. The molecule has 0 bridgehead atoms. The minimum Gasteiger partial charge on any atom is -0.347 e. The van der Waals surface area contributed by atoms with Crippen molar-refractivity contribution in [2.45, 2.75) is 13.5 Å². The Kier molecular flexibility index (Phi) is 4.31. The number of nitrogens with one attached hydrogen (secondary N) is 1. The summed E-state index contributed by atoms with van der Waals surface area (Å²) in [5, 5.41) is 2.57. The van der Waals surface area contributed by atoms with Gasteiger partial charge < -0.3 is 5.32 Å². The Morgan fingerprint density at radius 3 is 2.74 bits per heavy atom. The van der Waals surface area contributed by atoms with Crippen LogP contribution in [0.25, 0.3) is 0 Å². The van der Waals surface area contributed by atoms with E-state index in [2.05, 4.69) is 21.2 Å². The van der Waals surface area contributed by atoms with E-state index in [-0.39, 0.29) is 18.0 Å². The van der Waals surface area contributed by atoms with Crippen LogP contribution < -0.4 is 5.32 Å². The highest BCUT2D eigenvalue weighted by atomic mass is 79.9. The Labute approximate surface area is 121 Å². The first-order valence-corrected chi connectivity index (χ1v) is 7.06. The molecule has 0 saturated carbocycles. The molecule has 1 amide bonds. The van der Waals surface area contributed by atoms with Crippen molar-refractivity contribution in [1.29, 1.82) is 0 Å². The Balaban J connectivity index is 2.06. The summed E-state index contributed by atoms with van der Waals surface area (Å²) in [6, 6.07) is 4.90. The lowest BCUT2D eigenvalue weighted by Gasteiger charge is -2.05. The maximum Gasteiger partial charge on any atom is 0.261 e. The van der Waals surface area contributed by atoms with Gasteiger partial charge in [0.1, 0.15) is 11.6 Å². The maximum atomic E-state index is 13.4. The molecule has 2 nitrogen and oxygen atoms in total. The minimum absolute atomic E-state index is 0.0446. The SMILES string of the molecule is Cc1cc(C(=O)NCc2cc(F)ccc2F)sc1Br. The molecule has 0 spiro atoms. The normalized spacial score (nSPS) is 10.5. The summed E-state index contributed by atoms with van der Waals surface area (Å²) < 4.78 is 27.2. The Bertz CT molecular complexity index is 608. The lowest BCUT2D eigenvalue weighted by atomic mass is 10.2. The molecule has 0 fully saturated rings. The van der Waals surface area contributed by atoms with Gasteiger partial charge in [-0.15, -0.1) is 11.3 Å². The van der Waals surface area contributed by atoms with E-state index >= 15 is 0 Å². The average molecular weight is 346 g/mol. The first-order valence-electron chi connectivity index (χ1n) is 5.45. The predicted octanol–water partition coefficient (Wildman–Crippen LogP) is 4.03. The molecule has 0 atom stereocenters. The zero-order valence-electron chi connectivity index (χ0n) is 9.97. The van der Waals surface area contributed by atoms with Crippen molar-refractivity contribution in [3.63, 3.8) is 0 Å². The van der Waals surface area contributed by atoms with Crippen LogP contribution in [0.1, 0.15) is 20.8 Å². The monoisotopic (exact) mass is 345 g/mol. The number of carbonyl (C=O) groups is 1. The molecule has 0 aliphatic carbocycles. The van der Waals surface area contributed by atoms with Gasteiger partial charge in [-0.05, 0) is 52.7 Å². The highest BCUT2D eigenvalue weighted by Gasteiger charge is 2.12. The number of hydrogen-bond acceptors (Lipinski definition) is 2. The van der Waals surface area contributed by atoms with Crippen molar-refractivity contribution < 1.29 is 13.6 Å². The van der Waals surface area contributed by atoms with E-state index in [1.165, 1.54) is 11.3 Å². The van der Waals surface area contributed by atoms with Crippen LogP contribution in [-0.2, 0) is 6.54 Å². The van der Waals surface area contributed by atoms with E-state index in [0.717, 1.165) is 27.5 Å². The molecule has 1 aromatic carbocycles. The van der Waals surface area contributed by atoms with Gasteiger partial charge >= 0.3 is 0 Å². The van der Waals surface area contributed by atoms with Gasteiger partial charge in [-0.1, -0.05) is 0 Å². The van der Waals surface area contributed by atoms with Gasteiger partial charge in [-0.2, -0.15) is 0 Å².